The summed E-state index contributed by atoms with van der Waals surface area (Å²) in [6.45, 7) is 1.96. The van der Waals surface area contributed by atoms with Crippen LogP contribution in [0, 0.1) is 0 Å². The summed E-state index contributed by atoms with van der Waals surface area (Å²) in [5.74, 6) is 0.552. The average Bonchev–Trinajstić information content (AvgIpc) is 2.88. The summed E-state index contributed by atoms with van der Waals surface area (Å²) in [5.41, 5.74) is 1.12. The fraction of sp³-hybridized carbons (Fsp3) is 0.346. The lowest BCUT2D eigenvalue weighted by atomic mass is 10.0. The Hall–Kier alpha value is -2.56. The van der Waals surface area contributed by atoms with Gasteiger partial charge >= 0.3 is 6.18 Å². The van der Waals surface area contributed by atoms with Gasteiger partial charge in [-0.2, -0.15) is 13.2 Å². The van der Waals surface area contributed by atoms with Gasteiger partial charge in [0, 0.05) is 43.5 Å². The summed E-state index contributed by atoms with van der Waals surface area (Å²) < 4.78 is 44.0. The first-order valence-electron chi connectivity index (χ1n) is 11.6. The summed E-state index contributed by atoms with van der Waals surface area (Å²) in [7, 11) is 0. The number of aliphatic hydroxyl groups is 2. The molecule has 1 fully saturated rings. The molecule has 1 aliphatic heterocycles. The number of halogens is 5. The van der Waals surface area contributed by atoms with Gasteiger partial charge in [-0.25, -0.2) is 0 Å². The summed E-state index contributed by atoms with van der Waals surface area (Å²) in [4.78, 5) is 8.05. The highest BCUT2D eigenvalue weighted by Gasteiger charge is 2.33. The van der Waals surface area contributed by atoms with Crippen LogP contribution in [0.1, 0.15) is 29.0 Å². The lowest BCUT2D eigenvalue weighted by Crippen LogP contribution is -2.49. The van der Waals surface area contributed by atoms with Gasteiger partial charge < -0.3 is 19.8 Å². The zero-order valence-corrected chi connectivity index (χ0v) is 21.2. The first-order valence-corrected chi connectivity index (χ1v) is 12.4. The van der Waals surface area contributed by atoms with Gasteiger partial charge in [0.1, 0.15) is 18.5 Å². The van der Waals surface area contributed by atoms with Gasteiger partial charge in [0.05, 0.1) is 34.6 Å². The molecule has 11 heteroatoms. The van der Waals surface area contributed by atoms with Gasteiger partial charge in [-0.1, -0.05) is 35.3 Å². The Labute approximate surface area is 222 Å². The number of anilines is 1. The van der Waals surface area contributed by atoms with Crippen molar-refractivity contribution in [3.63, 3.8) is 0 Å². The second kappa shape index (κ2) is 11.9. The molecule has 1 aromatic heterocycles. The van der Waals surface area contributed by atoms with Gasteiger partial charge in [-0.15, -0.1) is 0 Å². The number of hydrogen-bond acceptors (Lipinski definition) is 6. The molecule has 4 rings (SSSR count). The minimum absolute atomic E-state index is 0.103. The van der Waals surface area contributed by atoms with Crippen LogP contribution in [0.3, 0.4) is 0 Å². The second-order valence-corrected chi connectivity index (χ2v) is 9.53. The maximum absolute atomic E-state index is 12.9. The predicted octanol–water partition coefficient (Wildman–Crippen LogP) is 5.38. The molecule has 0 aliphatic carbocycles. The Bertz CT molecular complexity index is 1180. The van der Waals surface area contributed by atoms with E-state index in [2.05, 4.69) is 9.88 Å². The smallest absolute Gasteiger partial charge is 0.417 e. The van der Waals surface area contributed by atoms with E-state index >= 15 is 0 Å². The number of hydrogen-bond donors (Lipinski definition) is 2. The number of pyridine rings is 1. The van der Waals surface area contributed by atoms with Gasteiger partial charge in [0.25, 0.3) is 0 Å². The fourth-order valence-electron chi connectivity index (χ4n) is 4.35. The first-order chi connectivity index (χ1) is 17.7. The number of aromatic nitrogens is 1. The third kappa shape index (κ3) is 6.86. The van der Waals surface area contributed by atoms with Crippen molar-refractivity contribution < 1.29 is 28.1 Å². The van der Waals surface area contributed by atoms with Gasteiger partial charge in [-0.3, -0.25) is 9.88 Å². The lowest BCUT2D eigenvalue weighted by molar-refractivity contribution is -0.137. The highest BCUT2D eigenvalue weighted by atomic mass is 35.5. The maximum Gasteiger partial charge on any atom is 0.417 e. The van der Waals surface area contributed by atoms with Crippen LogP contribution in [0.25, 0.3) is 0 Å². The molecular formula is C26H26Cl2F3N3O3. The van der Waals surface area contributed by atoms with Crippen molar-refractivity contribution in [3.8, 4) is 5.75 Å². The van der Waals surface area contributed by atoms with Gasteiger partial charge in [-0.05, 0) is 42.0 Å². The standard InChI is InChI=1S/C26H26Cl2F3N3O3/c27-19-4-1-17(2-5-19)24-15-33(16-25(36)22-7-3-18(14-32-22)26(29,30)31)9-10-34(24)23-8-6-20(13-21(23)28)37-12-11-35/h1-8,13-14,24-25,35-36H,9-12,15-16H2/t24-,25+/m0/s1. The number of ether oxygens (including phenoxy) is 1. The lowest BCUT2D eigenvalue weighted by Gasteiger charge is -2.44. The highest BCUT2D eigenvalue weighted by molar-refractivity contribution is 6.33. The molecule has 6 nitrogen and oxygen atoms in total. The molecule has 0 radical (unpaired) electrons. The van der Waals surface area contributed by atoms with Crippen LogP contribution in [0.5, 0.6) is 5.75 Å². The van der Waals surface area contributed by atoms with E-state index in [0.29, 0.717) is 35.4 Å². The molecule has 0 saturated carbocycles. The van der Waals surface area contributed by atoms with Crippen LogP contribution in [0.4, 0.5) is 18.9 Å². The maximum atomic E-state index is 12.9. The van der Waals surface area contributed by atoms with Crippen molar-refractivity contribution in [2.45, 2.75) is 18.3 Å². The normalized spacial score (nSPS) is 17.6. The molecule has 198 valence electrons. The quantitative estimate of drug-likeness (QED) is 0.389. The molecule has 37 heavy (non-hydrogen) atoms. The van der Waals surface area contributed by atoms with E-state index in [1.54, 1.807) is 12.1 Å². The zero-order valence-electron chi connectivity index (χ0n) is 19.7. The zero-order chi connectivity index (χ0) is 26.6. The largest absolute Gasteiger partial charge is 0.491 e. The molecular weight excluding hydrogens is 530 g/mol. The number of alkyl halides is 3. The first kappa shape index (κ1) is 27.5. The second-order valence-electron chi connectivity index (χ2n) is 8.69. The number of nitrogens with zero attached hydrogens (tertiary/aromatic N) is 3. The highest BCUT2D eigenvalue weighted by Crippen LogP contribution is 2.38. The minimum Gasteiger partial charge on any atom is -0.491 e. The van der Waals surface area contributed by atoms with Crippen LogP contribution in [-0.4, -0.2) is 59.5 Å². The van der Waals surface area contributed by atoms with E-state index < -0.39 is 17.8 Å². The molecule has 2 N–H and O–H groups in total. The van der Waals surface area contributed by atoms with E-state index in [-0.39, 0.29) is 31.5 Å². The summed E-state index contributed by atoms with van der Waals surface area (Å²) in [6.07, 6.45) is -4.79. The number of aliphatic hydroxyl groups excluding tert-OH is 2. The average molecular weight is 556 g/mol. The summed E-state index contributed by atoms with van der Waals surface area (Å²) in [5, 5.41) is 20.8. The third-order valence-electron chi connectivity index (χ3n) is 6.19. The fourth-order valence-corrected chi connectivity index (χ4v) is 4.75. The molecule has 3 aromatic rings. The molecule has 2 aromatic carbocycles. The molecule has 0 amide bonds. The Kier molecular flexibility index (Phi) is 8.82. The Morgan fingerprint density at radius 3 is 2.43 bits per heavy atom. The molecule has 2 atom stereocenters. The number of piperazine rings is 1. The van der Waals surface area contributed by atoms with E-state index in [9.17, 15) is 18.3 Å². The van der Waals surface area contributed by atoms with Crippen LogP contribution in [0.2, 0.25) is 10.0 Å². The van der Waals surface area contributed by atoms with Crippen LogP contribution < -0.4 is 9.64 Å². The Balaban J connectivity index is 1.53. The van der Waals surface area contributed by atoms with Crippen molar-refractivity contribution >= 4 is 28.9 Å². The monoisotopic (exact) mass is 555 g/mol. The molecule has 0 unspecified atom stereocenters. The molecule has 0 bridgehead atoms. The Morgan fingerprint density at radius 2 is 1.81 bits per heavy atom. The minimum atomic E-state index is -4.48. The molecule has 2 heterocycles. The SMILES string of the molecule is OCCOc1ccc(N2CCN(C[C@@H](O)c3ccc(C(F)(F)F)cn3)C[C@H]2c2ccc(Cl)cc2)c(Cl)c1. The number of rotatable bonds is 8. The summed E-state index contributed by atoms with van der Waals surface area (Å²) in [6, 6.07) is 14.9. The number of benzene rings is 2. The molecule has 1 saturated heterocycles. The third-order valence-corrected chi connectivity index (χ3v) is 6.75. The van der Waals surface area contributed by atoms with Gasteiger partial charge in [0.15, 0.2) is 0 Å². The van der Waals surface area contributed by atoms with Crippen molar-refractivity contribution in [1.29, 1.82) is 0 Å². The molecule has 0 spiro atoms. The molecule has 1 aliphatic rings. The van der Waals surface area contributed by atoms with E-state index in [4.69, 9.17) is 33.0 Å². The Morgan fingerprint density at radius 1 is 1.05 bits per heavy atom. The van der Waals surface area contributed by atoms with E-state index in [1.165, 1.54) is 6.07 Å². The van der Waals surface area contributed by atoms with Crippen LogP contribution >= 0.6 is 23.2 Å². The van der Waals surface area contributed by atoms with Gasteiger partial charge in [0.2, 0.25) is 0 Å². The topological polar surface area (TPSA) is 69.1 Å². The van der Waals surface area contributed by atoms with Crippen molar-refractivity contribution in [1.82, 2.24) is 9.88 Å². The van der Waals surface area contributed by atoms with E-state index in [0.717, 1.165) is 23.5 Å². The summed E-state index contributed by atoms with van der Waals surface area (Å²) >= 11 is 12.7. The number of β-amino-alcohol motifs (C(OH)–C–C–N with tert-alkyl or cyclic N) is 1. The van der Waals surface area contributed by atoms with Crippen molar-refractivity contribution in [3.05, 3.63) is 87.7 Å². The van der Waals surface area contributed by atoms with Crippen LogP contribution in [0.15, 0.2) is 60.8 Å². The predicted molar refractivity (Wildman–Crippen MR) is 136 cm³/mol. The van der Waals surface area contributed by atoms with Crippen molar-refractivity contribution in [2.24, 2.45) is 0 Å². The van der Waals surface area contributed by atoms with Crippen LogP contribution in [-0.2, 0) is 6.18 Å². The van der Waals surface area contributed by atoms with Crippen molar-refractivity contribution in [2.75, 3.05) is 44.3 Å². The van der Waals surface area contributed by atoms with E-state index in [1.807, 2.05) is 35.2 Å².